The predicted octanol–water partition coefficient (Wildman–Crippen LogP) is 3.43. The molecule has 0 aliphatic heterocycles. The molecule has 1 aromatic heterocycles. The summed E-state index contributed by atoms with van der Waals surface area (Å²) in [6.07, 6.45) is 5.02. The molecule has 32 heavy (non-hydrogen) atoms. The Morgan fingerprint density at radius 3 is 2.25 bits per heavy atom. The van der Waals surface area contributed by atoms with Crippen LogP contribution in [0, 0.1) is 13.8 Å². The van der Waals surface area contributed by atoms with E-state index in [0.717, 1.165) is 29.1 Å². The molecule has 9 heteroatoms. The van der Waals surface area contributed by atoms with Crippen LogP contribution >= 0.6 is 24.0 Å². The number of aliphatic imine (C=N–C) groups is 1. The summed E-state index contributed by atoms with van der Waals surface area (Å²) in [5, 5.41) is 6.60. The van der Waals surface area contributed by atoms with Gasteiger partial charge in [0.05, 0.1) is 4.90 Å². The standard InChI is InChI=1S/C23H29N5O2S.HI/c1-17-12-20(8-9-22(17)31(4,29)30)15-27-23(24-3)26-14-19-6-5-7-21(13-19)16-28-11-10-25-18(28)2;/h5-13H,14-16H2,1-4H3,(H2,24,26,27);1H. The van der Waals surface area contributed by atoms with Crippen molar-refractivity contribution in [3.05, 3.63) is 82.9 Å². The normalized spacial score (nSPS) is 11.7. The highest BCUT2D eigenvalue weighted by Gasteiger charge is 2.11. The number of nitrogens with zero attached hydrogens (tertiary/aromatic N) is 3. The van der Waals surface area contributed by atoms with Crippen molar-refractivity contribution < 1.29 is 8.42 Å². The maximum atomic E-state index is 11.8. The van der Waals surface area contributed by atoms with Crippen LogP contribution in [0.2, 0.25) is 0 Å². The number of benzene rings is 2. The minimum atomic E-state index is -3.21. The highest BCUT2D eigenvalue weighted by molar-refractivity contribution is 14.0. The Morgan fingerprint density at radius 2 is 1.69 bits per heavy atom. The fourth-order valence-corrected chi connectivity index (χ4v) is 4.39. The molecule has 0 fully saturated rings. The molecule has 0 atom stereocenters. The van der Waals surface area contributed by atoms with Crippen LogP contribution in [0.5, 0.6) is 0 Å². The fraction of sp³-hybridized carbons (Fsp3) is 0.304. The molecule has 7 nitrogen and oxygen atoms in total. The van der Waals surface area contributed by atoms with Crippen LogP contribution in [0.1, 0.15) is 28.1 Å². The van der Waals surface area contributed by atoms with E-state index < -0.39 is 9.84 Å². The summed E-state index contributed by atoms with van der Waals surface area (Å²) in [5.41, 5.74) is 4.11. The van der Waals surface area contributed by atoms with Gasteiger partial charge in [-0.1, -0.05) is 36.4 Å². The Bertz CT molecular complexity index is 1190. The van der Waals surface area contributed by atoms with Crippen molar-refractivity contribution in [1.82, 2.24) is 20.2 Å². The molecule has 2 N–H and O–H groups in total. The lowest BCUT2D eigenvalue weighted by molar-refractivity contribution is 0.601. The molecule has 1 heterocycles. The number of sulfone groups is 1. The fourth-order valence-electron chi connectivity index (χ4n) is 3.44. The smallest absolute Gasteiger partial charge is 0.191 e. The maximum absolute atomic E-state index is 11.8. The van der Waals surface area contributed by atoms with E-state index in [1.165, 1.54) is 11.8 Å². The molecule has 0 saturated heterocycles. The summed E-state index contributed by atoms with van der Waals surface area (Å²) in [7, 11) is -1.48. The molecule has 0 saturated carbocycles. The summed E-state index contributed by atoms with van der Waals surface area (Å²) in [6, 6.07) is 13.8. The molecule has 0 unspecified atom stereocenters. The first-order valence-electron chi connectivity index (χ1n) is 10.1. The highest BCUT2D eigenvalue weighted by Crippen LogP contribution is 2.16. The molecule has 0 aliphatic carbocycles. The molecule has 2 aromatic carbocycles. The van der Waals surface area contributed by atoms with Crippen molar-refractivity contribution in [2.24, 2.45) is 4.99 Å². The molecule has 0 radical (unpaired) electrons. The molecule has 3 aromatic rings. The number of nitrogens with one attached hydrogen (secondary N) is 2. The van der Waals surface area contributed by atoms with Gasteiger partial charge in [0.15, 0.2) is 15.8 Å². The van der Waals surface area contributed by atoms with Crippen molar-refractivity contribution in [2.45, 2.75) is 38.4 Å². The summed E-state index contributed by atoms with van der Waals surface area (Å²) in [6.45, 7) is 5.78. The predicted molar refractivity (Wildman–Crippen MR) is 139 cm³/mol. The van der Waals surface area contributed by atoms with E-state index in [2.05, 4.69) is 49.4 Å². The first kappa shape index (κ1) is 25.9. The van der Waals surface area contributed by atoms with E-state index in [-0.39, 0.29) is 24.0 Å². The molecule has 0 bridgehead atoms. The second-order valence-electron chi connectivity index (χ2n) is 7.57. The van der Waals surface area contributed by atoms with E-state index in [0.29, 0.717) is 23.9 Å². The van der Waals surface area contributed by atoms with Gasteiger partial charge in [0.25, 0.3) is 0 Å². The zero-order chi connectivity index (χ0) is 22.4. The second-order valence-corrected chi connectivity index (χ2v) is 9.56. The van der Waals surface area contributed by atoms with Crippen LogP contribution < -0.4 is 10.6 Å². The van der Waals surface area contributed by atoms with Crippen molar-refractivity contribution in [2.75, 3.05) is 13.3 Å². The lowest BCUT2D eigenvalue weighted by Gasteiger charge is -2.14. The van der Waals surface area contributed by atoms with Gasteiger partial charge in [-0.2, -0.15) is 0 Å². The molecule has 0 spiro atoms. The van der Waals surface area contributed by atoms with Crippen LogP contribution in [0.4, 0.5) is 0 Å². The van der Waals surface area contributed by atoms with Gasteiger partial charge in [-0.05, 0) is 42.2 Å². The summed E-state index contributed by atoms with van der Waals surface area (Å²) in [5.74, 6) is 1.67. The van der Waals surface area contributed by atoms with Gasteiger partial charge >= 0.3 is 0 Å². The van der Waals surface area contributed by atoms with E-state index >= 15 is 0 Å². The average molecular weight is 567 g/mol. The van der Waals surface area contributed by atoms with Gasteiger partial charge < -0.3 is 15.2 Å². The molecule has 0 aliphatic rings. The number of hydrogen-bond donors (Lipinski definition) is 2. The van der Waals surface area contributed by atoms with Crippen molar-refractivity contribution >= 4 is 39.8 Å². The third-order valence-electron chi connectivity index (χ3n) is 5.05. The first-order valence-corrected chi connectivity index (χ1v) is 11.9. The topological polar surface area (TPSA) is 88.4 Å². The number of imidazole rings is 1. The third-order valence-corrected chi connectivity index (χ3v) is 6.31. The van der Waals surface area contributed by atoms with E-state index in [1.54, 1.807) is 13.1 Å². The Morgan fingerprint density at radius 1 is 1.03 bits per heavy atom. The van der Waals surface area contributed by atoms with E-state index in [4.69, 9.17) is 0 Å². The quantitative estimate of drug-likeness (QED) is 0.260. The van der Waals surface area contributed by atoms with Crippen LogP contribution in [-0.2, 0) is 29.5 Å². The number of aryl methyl sites for hydroxylation is 2. The Labute approximate surface area is 207 Å². The zero-order valence-electron chi connectivity index (χ0n) is 18.8. The lowest BCUT2D eigenvalue weighted by Crippen LogP contribution is -2.36. The second kappa shape index (κ2) is 11.5. The summed E-state index contributed by atoms with van der Waals surface area (Å²) >= 11 is 0. The van der Waals surface area contributed by atoms with Crippen LogP contribution in [0.15, 0.2) is 64.7 Å². The molecule has 3 rings (SSSR count). The van der Waals surface area contributed by atoms with E-state index in [1.807, 2.05) is 38.4 Å². The SMILES string of the molecule is CN=C(NCc1cccc(Cn2ccnc2C)c1)NCc1ccc(S(C)(=O)=O)c(C)c1.I. The Hall–Kier alpha value is -2.40. The minimum Gasteiger partial charge on any atom is -0.352 e. The van der Waals surface area contributed by atoms with Crippen LogP contribution in [0.3, 0.4) is 0 Å². The summed E-state index contributed by atoms with van der Waals surface area (Å²) < 4.78 is 25.7. The highest BCUT2D eigenvalue weighted by atomic mass is 127. The third kappa shape index (κ3) is 7.06. The summed E-state index contributed by atoms with van der Waals surface area (Å²) in [4.78, 5) is 8.91. The van der Waals surface area contributed by atoms with Crippen molar-refractivity contribution in [3.63, 3.8) is 0 Å². The average Bonchev–Trinajstić information content (AvgIpc) is 3.12. The largest absolute Gasteiger partial charge is 0.352 e. The van der Waals surface area contributed by atoms with Gasteiger partial charge in [-0.3, -0.25) is 4.99 Å². The monoisotopic (exact) mass is 567 g/mol. The Kier molecular flexibility index (Phi) is 9.26. The van der Waals surface area contributed by atoms with Crippen molar-refractivity contribution in [1.29, 1.82) is 0 Å². The van der Waals surface area contributed by atoms with Crippen molar-refractivity contribution in [3.8, 4) is 0 Å². The molecular formula is C23H30IN5O2S. The number of hydrogen-bond acceptors (Lipinski definition) is 4. The van der Waals surface area contributed by atoms with Gasteiger partial charge in [-0.25, -0.2) is 13.4 Å². The van der Waals surface area contributed by atoms with Gasteiger partial charge in [-0.15, -0.1) is 24.0 Å². The molecule has 172 valence electrons. The molecular weight excluding hydrogens is 537 g/mol. The molecule has 0 amide bonds. The zero-order valence-corrected chi connectivity index (χ0v) is 21.9. The van der Waals surface area contributed by atoms with Crippen LogP contribution in [-0.4, -0.2) is 37.2 Å². The van der Waals surface area contributed by atoms with Gasteiger partial charge in [0.2, 0.25) is 0 Å². The van der Waals surface area contributed by atoms with Gasteiger partial charge in [0.1, 0.15) is 5.82 Å². The number of rotatable bonds is 7. The van der Waals surface area contributed by atoms with E-state index in [9.17, 15) is 8.42 Å². The Balaban J connectivity index is 0.00000363. The first-order chi connectivity index (χ1) is 14.8. The van der Waals surface area contributed by atoms with Crippen LogP contribution in [0.25, 0.3) is 0 Å². The van der Waals surface area contributed by atoms with Gasteiger partial charge in [0, 0.05) is 45.3 Å². The lowest BCUT2D eigenvalue weighted by atomic mass is 10.1. The minimum absolute atomic E-state index is 0. The number of halogens is 1. The number of aromatic nitrogens is 2. The number of guanidine groups is 1. The maximum Gasteiger partial charge on any atom is 0.191 e.